The van der Waals surface area contributed by atoms with E-state index >= 15 is 0 Å². The number of carboxylic acids is 1. The van der Waals surface area contributed by atoms with Crippen molar-refractivity contribution in [2.75, 3.05) is 0 Å². The van der Waals surface area contributed by atoms with E-state index in [1.165, 1.54) is 10.6 Å². The molecule has 8 heteroatoms. The minimum Gasteiger partial charge on any atom is -0.478 e. The van der Waals surface area contributed by atoms with Gasteiger partial charge in [0.15, 0.2) is 0 Å². The molecule has 0 aliphatic rings. The third-order valence-corrected chi connectivity index (χ3v) is 3.64. The fourth-order valence-electron chi connectivity index (χ4n) is 2.10. The first-order valence-corrected chi connectivity index (χ1v) is 6.56. The first-order chi connectivity index (χ1) is 9.56. The number of carbonyl (C=O) groups is 1. The largest absolute Gasteiger partial charge is 0.478 e. The summed E-state index contributed by atoms with van der Waals surface area (Å²) in [5.41, 5.74) is 0.951. The molecule has 0 saturated heterocycles. The van der Waals surface area contributed by atoms with Gasteiger partial charge in [0.25, 0.3) is 0 Å². The number of fused-ring (bicyclic) bond motifs is 1. The summed E-state index contributed by atoms with van der Waals surface area (Å²) in [5, 5.41) is 10.8. The second-order valence-corrected chi connectivity index (χ2v) is 5.04. The van der Waals surface area contributed by atoms with Crippen LogP contribution in [-0.2, 0) is 6.54 Å². The predicted octanol–water partition coefficient (Wildman–Crippen LogP) is 0.826. The molecule has 102 valence electrons. The van der Waals surface area contributed by atoms with Crippen LogP contribution in [0, 0.1) is 0 Å². The minimum atomic E-state index is -1.11. The smallest absolute Gasteiger partial charge is 0.337 e. The van der Waals surface area contributed by atoms with Crippen LogP contribution in [0.1, 0.15) is 16.1 Å². The molecule has 0 unspecified atom stereocenters. The van der Waals surface area contributed by atoms with Crippen LogP contribution in [0.5, 0.6) is 0 Å². The van der Waals surface area contributed by atoms with E-state index in [2.05, 4.69) is 9.97 Å². The average Bonchev–Trinajstić information content (AvgIpc) is 2.94. The molecule has 2 aromatic heterocycles. The van der Waals surface area contributed by atoms with E-state index in [1.807, 2.05) is 0 Å². The second kappa shape index (κ2) is 4.49. The van der Waals surface area contributed by atoms with Gasteiger partial charge in [-0.05, 0) is 12.1 Å². The van der Waals surface area contributed by atoms with Crippen LogP contribution < -0.4 is 10.6 Å². The van der Waals surface area contributed by atoms with Gasteiger partial charge in [-0.2, -0.15) is 0 Å². The Morgan fingerprint density at radius 3 is 2.75 bits per heavy atom. The summed E-state index contributed by atoms with van der Waals surface area (Å²) >= 11 is 0.995. The summed E-state index contributed by atoms with van der Waals surface area (Å²) in [4.78, 5) is 39.3. The number of aromatic carboxylic acids is 1. The molecule has 0 saturated carbocycles. The van der Waals surface area contributed by atoms with Crippen molar-refractivity contribution in [2.24, 2.45) is 0 Å². The maximum atomic E-state index is 12.0. The van der Waals surface area contributed by atoms with E-state index < -0.39 is 11.7 Å². The van der Waals surface area contributed by atoms with Crippen LogP contribution in [0.3, 0.4) is 0 Å². The van der Waals surface area contributed by atoms with Gasteiger partial charge in [-0.25, -0.2) is 9.59 Å². The molecule has 2 heterocycles. The molecule has 0 spiro atoms. The molecule has 0 aliphatic heterocycles. The number of hydrogen-bond donors (Lipinski definition) is 3. The Balaban J connectivity index is 2.24. The van der Waals surface area contributed by atoms with Crippen LogP contribution in [0.2, 0.25) is 0 Å². The Morgan fingerprint density at radius 2 is 2.10 bits per heavy atom. The van der Waals surface area contributed by atoms with Gasteiger partial charge in [-0.1, -0.05) is 17.4 Å². The fraction of sp³-hybridized carbons (Fsp3) is 0.0833. The number of nitrogens with zero attached hydrogens (tertiary/aromatic N) is 1. The molecule has 1 aromatic carbocycles. The Labute approximate surface area is 115 Å². The van der Waals surface area contributed by atoms with Crippen LogP contribution in [0.25, 0.3) is 11.0 Å². The molecule has 3 N–H and O–H groups in total. The van der Waals surface area contributed by atoms with E-state index in [0.717, 1.165) is 11.3 Å². The number of aromatic amines is 2. The van der Waals surface area contributed by atoms with Crippen molar-refractivity contribution in [3.63, 3.8) is 0 Å². The van der Waals surface area contributed by atoms with Gasteiger partial charge in [0, 0.05) is 11.1 Å². The number of carboxylic acid groups (broad SMARTS) is 1. The average molecular weight is 291 g/mol. The number of aromatic nitrogens is 3. The molecule has 3 aromatic rings. The SMILES string of the molecule is O=C(O)c1cccc2[nH]c(=O)n(Cc3csc(=O)[nH]3)c12. The zero-order valence-corrected chi connectivity index (χ0v) is 10.9. The quantitative estimate of drug-likeness (QED) is 0.664. The Morgan fingerprint density at radius 1 is 1.30 bits per heavy atom. The van der Waals surface area contributed by atoms with Gasteiger partial charge in [0.1, 0.15) is 0 Å². The monoisotopic (exact) mass is 291 g/mol. The summed E-state index contributed by atoms with van der Waals surface area (Å²) in [6.07, 6.45) is 0. The topological polar surface area (TPSA) is 108 Å². The molecule has 0 fully saturated rings. The van der Waals surface area contributed by atoms with Crippen molar-refractivity contribution in [1.29, 1.82) is 0 Å². The Bertz CT molecular complexity index is 915. The van der Waals surface area contributed by atoms with E-state index in [1.54, 1.807) is 17.5 Å². The van der Waals surface area contributed by atoms with Gasteiger partial charge < -0.3 is 15.1 Å². The number of benzene rings is 1. The lowest BCUT2D eigenvalue weighted by Gasteiger charge is -2.03. The molecule has 7 nitrogen and oxygen atoms in total. The van der Waals surface area contributed by atoms with E-state index in [4.69, 9.17) is 0 Å². The molecule has 3 rings (SSSR count). The maximum Gasteiger partial charge on any atom is 0.337 e. The van der Waals surface area contributed by atoms with Crippen molar-refractivity contribution in [1.82, 2.24) is 14.5 Å². The summed E-state index contributed by atoms with van der Waals surface area (Å²) < 4.78 is 1.30. The number of H-pyrrole nitrogens is 2. The van der Waals surface area contributed by atoms with Gasteiger partial charge in [-0.15, -0.1) is 0 Å². The number of hydrogen-bond acceptors (Lipinski definition) is 4. The molecular formula is C12H9N3O4S. The lowest BCUT2D eigenvalue weighted by Crippen LogP contribution is -2.19. The van der Waals surface area contributed by atoms with Crippen LogP contribution in [0.4, 0.5) is 0 Å². The van der Waals surface area contributed by atoms with Crippen molar-refractivity contribution >= 4 is 28.3 Å². The highest BCUT2D eigenvalue weighted by Gasteiger charge is 2.15. The van der Waals surface area contributed by atoms with E-state index in [0.29, 0.717) is 16.7 Å². The highest BCUT2D eigenvalue weighted by Crippen LogP contribution is 2.17. The Hall–Kier alpha value is -2.61. The zero-order valence-electron chi connectivity index (χ0n) is 10.0. The highest BCUT2D eigenvalue weighted by molar-refractivity contribution is 7.07. The van der Waals surface area contributed by atoms with Crippen molar-refractivity contribution < 1.29 is 9.90 Å². The number of thiazole rings is 1. The molecule has 20 heavy (non-hydrogen) atoms. The maximum absolute atomic E-state index is 12.0. The first-order valence-electron chi connectivity index (χ1n) is 5.68. The summed E-state index contributed by atoms with van der Waals surface area (Å²) in [6.45, 7) is 0.113. The standard InChI is InChI=1S/C12H9N3O4S/c16-10(17)7-2-1-3-8-9(7)15(11(18)14-8)4-6-5-20-12(19)13-6/h1-3,5H,4H2,(H,13,19)(H,14,18)(H,16,17). The third kappa shape index (κ3) is 1.95. The van der Waals surface area contributed by atoms with Crippen molar-refractivity contribution in [2.45, 2.75) is 6.54 Å². The van der Waals surface area contributed by atoms with Gasteiger partial charge in [-0.3, -0.25) is 9.36 Å². The lowest BCUT2D eigenvalue weighted by molar-refractivity contribution is 0.0698. The Kier molecular flexibility index (Phi) is 2.79. The fourth-order valence-corrected chi connectivity index (χ4v) is 2.68. The van der Waals surface area contributed by atoms with Gasteiger partial charge >= 0.3 is 16.5 Å². The van der Waals surface area contributed by atoms with E-state index in [9.17, 15) is 19.5 Å². The minimum absolute atomic E-state index is 0.0402. The van der Waals surface area contributed by atoms with Gasteiger partial charge in [0.2, 0.25) is 0 Å². The number of nitrogens with one attached hydrogen (secondary N) is 2. The first kappa shape index (κ1) is 12.4. The number of rotatable bonds is 3. The summed E-state index contributed by atoms with van der Waals surface area (Å²) in [7, 11) is 0. The zero-order chi connectivity index (χ0) is 14.3. The number of para-hydroxylation sites is 1. The van der Waals surface area contributed by atoms with E-state index in [-0.39, 0.29) is 17.0 Å². The molecule has 0 bridgehead atoms. The lowest BCUT2D eigenvalue weighted by atomic mass is 10.2. The highest BCUT2D eigenvalue weighted by atomic mass is 32.1. The van der Waals surface area contributed by atoms with Crippen LogP contribution in [-0.4, -0.2) is 25.6 Å². The van der Waals surface area contributed by atoms with Crippen molar-refractivity contribution in [3.8, 4) is 0 Å². The molecule has 0 atom stereocenters. The van der Waals surface area contributed by atoms with Gasteiger partial charge in [0.05, 0.1) is 23.1 Å². The number of imidazole rings is 1. The molecule has 0 radical (unpaired) electrons. The molecular weight excluding hydrogens is 282 g/mol. The third-order valence-electron chi connectivity index (χ3n) is 2.92. The molecule has 0 aliphatic carbocycles. The predicted molar refractivity (Wildman–Crippen MR) is 73.6 cm³/mol. The summed E-state index contributed by atoms with van der Waals surface area (Å²) in [6, 6.07) is 4.64. The normalized spacial score (nSPS) is 11.0. The second-order valence-electron chi connectivity index (χ2n) is 4.20. The molecule has 0 amide bonds. The van der Waals surface area contributed by atoms with Crippen LogP contribution >= 0.6 is 11.3 Å². The van der Waals surface area contributed by atoms with Crippen molar-refractivity contribution in [3.05, 3.63) is 55.0 Å². The summed E-state index contributed by atoms with van der Waals surface area (Å²) in [5.74, 6) is -1.11. The van der Waals surface area contributed by atoms with Crippen LogP contribution in [0.15, 0.2) is 33.2 Å².